The SMILES string of the molecule is CC/C=C\C/C=C\C/C=C\C/C=C\CCCCCCCCCCCCCCCCCCCCCCC(=O)OCC(COC(=O)CCCCCCC/C=C\C/C=C\CCCC)OC(=O)CCCCCCCCC/C=C\CCCCCCCCC. The number of rotatable bonds is 66. The van der Waals surface area contributed by atoms with E-state index in [9.17, 15) is 14.4 Å². The molecule has 6 heteroatoms. The molecule has 0 aromatic carbocycles. The molecule has 0 aliphatic heterocycles. The Bertz CT molecular complexity index is 1570. The first kappa shape index (κ1) is 79.6. The normalized spacial score (nSPS) is 12.6. The van der Waals surface area contributed by atoms with Crippen molar-refractivity contribution in [2.75, 3.05) is 13.2 Å². The van der Waals surface area contributed by atoms with Gasteiger partial charge in [-0.3, -0.25) is 14.4 Å². The molecule has 0 N–H and O–H groups in total. The van der Waals surface area contributed by atoms with Gasteiger partial charge in [-0.25, -0.2) is 0 Å². The van der Waals surface area contributed by atoms with Crippen LogP contribution in [0.1, 0.15) is 367 Å². The summed E-state index contributed by atoms with van der Waals surface area (Å²) in [6.45, 7) is 6.52. The maximum absolute atomic E-state index is 12.9. The van der Waals surface area contributed by atoms with Gasteiger partial charge in [-0.2, -0.15) is 0 Å². The quantitative estimate of drug-likeness (QED) is 0.0261. The molecule has 0 heterocycles. The van der Waals surface area contributed by atoms with Gasteiger partial charge in [0.25, 0.3) is 0 Å². The van der Waals surface area contributed by atoms with Crippen molar-refractivity contribution in [3.05, 3.63) is 85.1 Å². The molecule has 0 amide bonds. The zero-order valence-electron chi connectivity index (χ0n) is 55.2. The van der Waals surface area contributed by atoms with Crippen LogP contribution < -0.4 is 0 Å². The number of hydrogen-bond acceptors (Lipinski definition) is 6. The Morgan fingerprint density at radius 3 is 0.783 bits per heavy atom. The average molecular weight is 1160 g/mol. The third-order valence-electron chi connectivity index (χ3n) is 15.9. The summed E-state index contributed by atoms with van der Waals surface area (Å²) in [5.74, 6) is -0.877. The second-order valence-electron chi connectivity index (χ2n) is 24.1. The largest absolute Gasteiger partial charge is 0.462 e. The van der Waals surface area contributed by atoms with Crippen LogP contribution in [0.2, 0.25) is 0 Å². The Morgan fingerprint density at radius 2 is 0.482 bits per heavy atom. The molecule has 0 aromatic heterocycles. The van der Waals surface area contributed by atoms with E-state index in [-0.39, 0.29) is 31.1 Å². The summed E-state index contributed by atoms with van der Waals surface area (Å²) in [4.78, 5) is 38.4. The van der Waals surface area contributed by atoms with E-state index in [0.29, 0.717) is 19.3 Å². The van der Waals surface area contributed by atoms with Gasteiger partial charge in [-0.05, 0) is 109 Å². The molecule has 0 saturated heterocycles. The molecule has 1 unspecified atom stereocenters. The fourth-order valence-corrected chi connectivity index (χ4v) is 10.4. The standard InChI is InChI=1S/C77H136O6/c1-4-7-10-13-16-19-22-25-28-30-32-33-34-35-36-37-38-39-40-41-42-43-44-45-46-48-49-52-55-58-61-64-67-70-76(79)82-73-74(72-81-75(78)69-66-63-60-57-54-51-27-24-21-18-15-12-9-6-3)83-77(80)71-68-65-62-59-56-53-50-47-31-29-26-23-20-17-14-11-8-5-2/h7,10,15-16,18-19,24-25,27-29,31-33,74H,4-6,8-9,11-14,17,20-23,26,30,34-73H2,1-3H3/b10-7-,18-15-,19-16-,27-24-,28-25-,31-29-,33-32-. The number of carbonyl (C=O) groups excluding carboxylic acids is 3. The Balaban J connectivity index is 4.17. The molecule has 0 aromatic rings. The Hall–Kier alpha value is -3.41. The molecule has 0 aliphatic rings. The molecule has 0 spiro atoms. The molecule has 0 saturated carbocycles. The minimum atomic E-state index is -0.784. The average Bonchev–Trinajstić information content (AvgIpc) is 3.49. The molecule has 83 heavy (non-hydrogen) atoms. The van der Waals surface area contributed by atoms with E-state index in [1.54, 1.807) is 0 Å². The highest BCUT2D eigenvalue weighted by molar-refractivity contribution is 5.71. The van der Waals surface area contributed by atoms with Gasteiger partial charge in [0.2, 0.25) is 0 Å². The maximum Gasteiger partial charge on any atom is 0.306 e. The second-order valence-corrected chi connectivity index (χ2v) is 24.1. The van der Waals surface area contributed by atoms with Crippen molar-refractivity contribution in [3.63, 3.8) is 0 Å². The topological polar surface area (TPSA) is 78.9 Å². The highest BCUT2D eigenvalue weighted by atomic mass is 16.6. The summed E-state index contributed by atoms with van der Waals surface area (Å²) in [6.07, 6.45) is 94.8. The van der Waals surface area contributed by atoms with E-state index >= 15 is 0 Å². The van der Waals surface area contributed by atoms with Crippen molar-refractivity contribution in [1.29, 1.82) is 0 Å². The summed E-state index contributed by atoms with van der Waals surface area (Å²) in [7, 11) is 0. The van der Waals surface area contributed by atoms with Crippen LogP contribution in [-0.4, -0.2) is 37.2 Å². The first-order valence-corrected chi connectivity index (χ1v) is 36.1. The molecule has 0 aliphatic carbocycles. The lowest BCUT2D eigenvalue weighted by atomic mass is 10.0. The summed E-state index contributed by atoms with van der Waals surface area (Å²) in [6, 6.07) is 0. The predicted molar refractivity (Wildman–Crippen MR) is 362 cm³/mol. The van der Waals surface area contributed by atoms with Crippen molar-refractivity contribution in [2.45, 2.75) is 374 Å². The van der Waals surface area contributed by atoms with Gasteiger partial charge in [-0.1, -0.05) is 324 Å². The Labute approximate surface area is 515 Å². The minimum absolute atomic E-state index is 0.0783. The first-order chi connectivity index (χ1) is 41.0. The number of hydrogen-bond donors (Lipinski definition) is 0. The van der Waals surface area contributed by atoms with E-state index in [0.717, 1.165) is 103 Å². The van der Waals surface area contributed by atoms with Crippen LogP contribution in [0.4, 0.5) is 0 Å². The van der Waals surface area contributed by atoms with Crippen LogP contribution in [0.15, 0.2) is 85.1 Å². The molecule has 480 valence electrons. The van der Waals surface area contributed by atoms with E-state index in [2.05, 4.69) is 106 Å². The van der Waals surface area contributed by atoms with E-state index in [1.165, 1.54) is 225 Å². The zero-order valence-corrected chi connectivity index (χ0v) is 55.2. The van der Waals surface area contributed by atoms with E-state index in [1.807, 2.05) is 0 Å². The van der Waals surface area contributed by atoms with E-state index in [4.69, 9.17) is 14.2 Å². The number of carbonyl (C=O) groups is 3. The maximum atomic E-state index is 12.9. The third kappa shape index (κ3) is 69.3. The van der Waals surface area contributed by atoms with Crippen LogP contribution in [0.5, 0.6) is 0 Å². The van der Waals surface area contributed by atoms with Gasteiger partial charge in [0.15, 0.2) is 6.10 Å². The first-order valence-electron chi connectivity index (χ1n) is 36.1. The number of esters is 3. The van der Waals surface area contributed by atoms with Crippen LogP contribution in [0, 0.1) is 0 Å². The lowest BCUT2D eigenvalue weighted by Gasteiger charge is -2.18. The molecule has 0 radical (unpaired) electrons. The summed E-state index contributed by atoms with van der Waals surface area (Å²) in [5.41, 5.74) is 0. The van der Waals surface area contributed by atoms with Gasteiger partial charge in [0, 0.05) is 19.3 Å². The summed E-state index contributed by atoms with van der Waals surface area (Å²) >= 11 is 0. The van der Waals surface area contributed by atoms with Gasteiger partial charge < -0.3 is 14.2 Å². The monoisotopic (exact) mass is 1160 g/mol. The lowest BCUT2D eigenvalue weighted by molar-refractivity contribution is -0.167. The van der Waals surface area contributed by atoms with Crippen LogP contribution in [-0.2, 0) is 28.6 Å². The molecule has 0 fully saturated rings. The number of allylic oxidation sites excluding steroid dienone is 14. The van der Waals surface area contributed by atoms with Crippen LogP contribution in [0.25, 0.3) is 0 Å². The van der Waals surface area contributed by atoms with Gasteiger partial charge in [-0.15, -0.1) is 0 Å². The van der Waals surface area contributed by atoms with Crippen molar-refractivity contribution in [1.82, 2.24) is 0 Å². The van der Waals surface area contributed by atoms with Crippen molar-refractivity contribution >= 4 is 17.9 Å². The highest BCUT2D eigenvalue weighted by Gasteiger charge is 2.19. The molecule has 0 bridgehead atoms. The molecule has 1 atom stereocenters. The third-order valence-corrected chi connectivity index (χ3v) is 15.9. The molecule has 0 rings (SSSR count). The van der Waals surface area contributed by atoms with Crippen LogP contribution in [0.3, 0.4) is 0 Å². The van der Waals surface area contributed by atoms with Gasteiger partial charge >= 0.3 is 17.9 Å². The van der Waals surface area contributed by atoms with E-state index < -0.39 is 6.10 Å². The number of ether oxygens (including phenoxy) is 3. The van der Waals surface area contributed by atoms with Crippen molar-refractivity contribution in [3.8, 4) is 0 Å². The molecular weight excluding hydrogens is 1020 g/mol. The number of unbranched alkanes of at least 4 members (excludes halogenated alkanes) is 41. The minimum Gasteiger partial charge on any atom is -0.462 e. The highest BCUT2D eigenvalue weighted by Crippen LogP contribution is 2.18. The van der Waals surface area contributed by atoms with Crippen LogP contribution >= 0.6 is 0 Å². The fourth-order valence-electron chi connectivity index (χ4n) is 10.4. The van der Waals surface area contributed by atoms with Gasteiger partial charge in [0.05, 0.1) is 0 Å². The second kappa shape index (κ2) is 71.1. The lowest BCUT2D eigenvalue weighted by Crippen LogP contribution is -2.30. The fraction of sp³-hybridized carbons (Fsp3) is 0.779. The predicted octanol–water partition coefficient (Wildman–Crippen LogP) is 25.0. The summed E-state index contributed by atoms with van der Waals surface area (Å²) in [5, 5.41) is 0. The molecule has 6 nitrogen and oxygen atoms in total. The Morgan fingerprint density at radius 1 is 0.253 bits per heavy atom. The van der Waals surface area contributed by atoms with Crippen molar-refractivity contribution in [2.24, 2.45) is 0 Å². The Kier molecular flexibility index (Phi) is 68.2. The zero-order chi connectivity index (χ0) is 59.9. The summed E-state index contributed by atoms with van der Waals surface area (Å²) < 4.78 is 17.0. The molecular formula is C77H136O6. The smallest absolute Gasteiger partial charge is 0.306 e. The van der Waals surface area contributed by atoms with Crippen molar-refractivity contribution < 1.29 is 28.6 Å². The van der Waals surface area contributed by atoms with Gasteiger partial charge in [0.1, 0.15) is 13.2 Å².